The lowest BCUT2D eigenvalue weighted by Gasteiger charge is -2.23. The predicted molar refractivity (Wildman–Crippen MR) is 211 cm³/mol. The Labute approximate surface area is 293 Å². The first-order chi connectivity index (χ1) is 24.8. The van der Waals surface area contributed by atoms with Gasteiger partial charge in [0.2, 0.25) is 0 Å². The summed E-state index contributed by atoms with van der Waals surface area (Å²) in [5, 5.41) is 8.66. The molecule has 0 aliphatic carbocycles. The summed E-state index contributed by atoms with van der Waals surface area (Å²) >= 11 is 1.84. The van der Waals surface area contributed by atoms with Crippen LogP contribution in [-0.4, -0.2) is 16.2 Å². The van der Waals surface area contributed by atoms with Gasteiger partial charge < -0.3 is 9.88 Å². The van der Waals surface area contributed by atoms with E-state index in [1.165, 1.54) is 53.1 Å². The fraction of sp³-hybridized carbons (Fsp3) is 0.0222. The molecule has 1 aliphatic rings. The van der Waals surface area contributed by atoms with Crippen molar-refractivity contribution in [1.82, 2.24) is 9.88 Å². The molecule has 9 aromatic rings. The van der Waals surface area contributed by atoms with Crippen LogP contribution in [0.15, 0.2) is 180 Å². The molecule has 0 radical (unpaired) electrons. The Kier molecular flexibility index (Phi) is 6.71. The summed E-state index contributed by atoms with van der Waals surface area (Å²) in [6.07, 6.45) is -0.243. The number of fused-ring (bicyclic) bond motifs is 6. The van der Waals surface area contributed by atoms with Crippen molar-refractivity contribution in [2.24, 2.45) is 9.98 Å². The molecule has 1 aliphatic heterocycles. The lowest BCUT2D eigenvalue weighted by molar-refractivity contribution is 0.674. The number of benzene rings is 7. The third-order valence-electron chi connectivity index (χ3n) is 9.66. The van der Waals surface area contributed by atoms with Crippen LogP contribution in [0.2, 0.25) is 0 Å². The van der Waals surface area contributed by atoms with Gasteiger partial charge in [0.1, 0.15) is 12.0 Å². The molecule has 0 spiro atoms. The standard InChI is InChI=1S/C45H30N4S/c1-4-13-29(14-5-1)43-46-44(30-15-6-2-7-16-30)48-45(47-43)32-24-26-40-37(27-32)42-34(20-12-22-41(42)50-40)31-23-25-36-35-19-10-11-21-38(35)49(39(36)28-31)33-17-8-3-9-18-33/h1-28,43H,(H,46,47,48). The van der Waals surface area contributed by atoms with Gasteiger partial charge in [-0.3, -0.25) is 0 Å². The zero-order chi connectivity index (χ0) is 33.0. The Hall–Kier alpha value is -6.30. The summed E-state index contributed by atoms with van der Waals surface area (Å²) in [5.74, 6) is 1.55. The number of aliphatic imine (C=N–C) groups is 2. The minimum absolute atomic E-state index is 0.243. The first-order valence-electron chi connectivity index (χ1n) is 16.9. The van der Waals surface area contributed by atoms with Gasteiger partial charge in [0.25, 0.3) is 0 Å². The van der Waals surface area contributed by atoms with Gasteiger partial charge >= 0.3 is 0 Å². The number of hydrogen-bond donors (Lipinski definition) is 1. The lowest BCUT2D eigenvalue weighted by Crippen LogP contribution is -2.33. The quantitative estimate of drug-likeness (QED) is 0.196. The SMILES string of the molecule is c1ccc(C2=NC(c3ccccc3)NC(c3ccc4sc5cccc(-c6ccc7c8ccccc8n(-c8ccccc8)c7c6)c5c4c3)=N2)cc1. The molecular weight excluding hydrogens is 629 g/mol. The molecule has 0 amide bonds. The molecule has 0 fully saturated rings. The Morgan fingerprint density at radius 1 is 0.520 bits per heavy atom. The molecular formula is C45H30N4S. The number of aromatic nitrogens is 1. The molecule has 2 aromatic heterocycles. The van der Waals surface area contributed by atoms with E-state index in [1.54, 1.807) is 0 Å². The maximum Gasteiger partial charge on any atom is 0.159 e. The summed E-state index contributed by atoms with van der Waals surface area (Å²) in [7, 11) is 0. The Bertz CT molecular complexity index is 2780. The van der Waals surface area contributed by atoms with Gasteiger partial charge in [0, 0.05) is 47.8 Å². The first kappa shape index (κ1) is 28.7. The van der Waals surface area contributed by atoms with E-state index in [0.29, 0.717) is 0 Å². The number of hydrogen-bond acceptors (Lipinski definition) is 4. The molecule has 1 unspecified atom stereocenters. The largest absolute Gasteiger partial charge is 0.344 e. The maximum absolute atomic E-state index is 5.10. The molecule has 0 bridgehead atoms. The van der Waals surface area contributed by atoms with Gasteiger partial charge in [0.05, 0.1) is 11.0 Å². The predicted octanol–water partition coefficient (Wildman–Crippen LogP) is 11.3. The number of rotatable bonds is 5. The second-order valence-corrected chi connectivity index (χ2v) is 13.7. The van der Waals surface area contributed by atoms with Crippen molar-refractivity contribution in [1.29, 1.82) is 0 Å². The van der Waals surface area contributed by atoms with Crippen LogP contribution >= 0.6 is 11.3 Å². The second-order valence-electron chi connectivity index (χ2n) is 12.6. The Balaban J connectivity index is 1.14. The van der Waals surface area contributed by atoms with Gasteiger partial charge in [0.15, 0.2) is 5.84 Å². The average molecular weight is 659 g/mol. The fourth-order valence-electron chi connectivity index (χ4n) is 7.33. The van der Waals surface area contributed by atoms with Crippen molar-refractivity contribution < 1.29 is 0 Å². The van der Waals surface area contributed by atoms with E-state index in [1.807, 2.05) is 35.6 Å². The van der Waals surface area contributed by atoms with Crippen molar-refractivity contribution in [2.45, 2.75) is 6.17 Å². The monoisotopic (exact) mass is 658 g/mol. The van der Waals surface area contributed by atoms with E-state index in [-0.39, 0.29) is 6.17 Å². The normalized spacial score (nSPS) is 14.6. The number of amidine groups is 2. The summed E-state index contributed by atoms with van der Waals surface area (Å²) in [6.45, 7) is 0. The van der Waals surface area contributed by atoms with Crippen LogP contribution in [0.25, 0.3) is 58.8 Å². The Morgan fingerprint density at radius 3 is 2.08 bits per heavy atom. The van der Waals surface area contributed by atoms with E-state index in [0.717, 1.165) is 34.0 Å². The van der Waals surface area contributed by atoms with E-state index >= 15 is 0 Å². The smallest absolute Gasteiger partial charge is 0.159 e. The maximum atomic E-state index is 5.10. The molecule has 0 saturated heterocycles. The zero-order valence-electron chi connectivity index (χ0n) is 27.0. The molecule has 10 rings (SSSR count). The highest BCUT2D eigenvalue weighted by Crippen LogP contribution is 2.42. The van der Waals surface area contributed by atoms with Crippen LogP contribution in [0.5, 0.6) is 0 Å². The Morgan fingerprint density at radius 2 is 1.24 bits per heavy atom. The van der Waals surface area contributed by atoms with E-state index in [2.05, 4.69) is 155 Å². The van der Waals surface area contributed by atoms with E-state index in [4.69, 9.17) is 9.98 Å². The van der Waals surface area contributed by atoms with Crippen molar-refractivity contribution in [2.75, 3.05) is 0 Å². The van der Waals surface area contributed by atoms with Gasteiger partial charge in [-0.2, -0.15) is 0 Å². The van der Waals surface area contributed by atoms with Gasteiger partial charge in [-0.05, 0) is 65.2 Å². The van der Waals surface area contributed by atoms with Crippen LogP contribution in [0.4, 0.5) is 0 Å². The molecule has 0 saturated carbocycles. The van der Waals surface area contributed by atoms with Crippen LogP contribution in [0.1, 0.15) is 22.9 Å². The molecule has 4 nitrogen and oxygen atoms in total. The minimum Gasteiger partial charge on any atom is -0.344 e. The number of nitrogens with one attached hydrogen (secondary N) is 1. The molecule has 1 N–H and O–H groups in total. The van der Waals surface area contributed by atoms with Crippen LogP contribution < -0.4 is 5.32 Å². The summed E-state index contributed by atoms with van der Waals surface area (Å²) < 4.78 is 4.91. The van der Waals surface area contributed by atoms with Gasteiger partial charge in [-0.25, -0.2) is 9.98 Å². The van der Waals surface area contributed by atoms with Crippen molar-refractivity contribution in [3.8, 4) is 16.8 Å². The van der Waals surface area contributed by atoms with E-state index in [9.17, 15) is 0 Å². The average Bonchev–Trinajstić information content (AvgIpc) is 3.74. The molecule has 3 heterocycles. The van der Waals surface area contributed by atoms with Crippen LogP contribution in [-0.2, 0) is 0 Å². The minimum atomic E-state index is -0.243. The van der Waals surface area contributed by atoms with Crippen molar-refractivity contribution in [3.05, 3.63) is 187 Å². The second kappa shape index (κ2) is 11.7. The highest BCUT2D eigenvalue weighted by atomic mass is 32.1. The topological polar surface area (TPSA) is 41.7 Å². The van der Waals surface area contributed by atoms with E-state index < -0.39 is 0 Å². The molecule has 5 heteroatoms. The number of thiophene rings is 1. The first-order valence-corrected chi connectivity index (χ1v) is 17.7. The molecule has 7 aromatic carbocycles. The number of para-hydroxylation sites is 2. The third kappa shape index (κ3) is 4.74. The number of nitrogens with zero attached hydrogens (tertiary/aromatic N) is 3. The zero-order valence-corrected chi connectivity index (χ0v) is 27.8. The summed E-state index contributed by atoms with van der Waals surface area (Å²) in [5.41, 5.74) is 9.13. The summed E-state index contributed by atoms with van der Waals surface area (Å²) in [6, 6.07) is 60.3. The van der Waals surface area contributed by atoms with Crippen molar-refractivity contribution >= 4 is 65.0 Å². The molecule has 1 atom stereocenters. The third-order valence-corrected chi connectivity index (χ3v) is 10.8. The molecule has 236 valence electrons. The molecule has 50 heavy (non-hydrogen) atoms. The summed E-state index contributed by atoms with van der Waals surface area (Å²) in [4.78, 5) is 10.1. The van der Waals surface area contributed by atoms with Crippen LogP contribution in [0, 0.1) is 0 Å². The fourth-order valence-corrected chi connectivity index (χ4v) is 8.44. The highest BCUT2D eigenvalue weighted by Gasteiger charge is 2.22. The van der Waals surface area contributed by atoms with Gasteiger partial charge in [-0.1, -0.05) is 121 Å². The van der Waals surface area contributed by atoms with Crippen molar-refractivity contribution in [3.63, 3.8) is 0 Å². The van der Waals surface area contributed by atoms with Crippen LogP contribution in [0.3, 0.4) is 0 Å². The van der Waals surface area contributed by atoms with Gasteiger partial charge in [-0.15, -0.1) is 11.3 Å². The highest BCUT2D eigenvalue weighted by molar-refractivity contribution is 7.26. The lowest BCUT2D eigenvalue weighted by atomic mass is 9.97.